The van der Waals surface area contributed by atoms with E-state index in [9.17, 15) is 9.59 Å². The van der Waals surface area contributed by atoms with Crippen LogP contribution in [0.15, 0.2) is 30.5 Å². The van der Waals surface area contributed by atoms with Gasteiger partial charge in [-0.25, -0.2) is 4.79 Å². The molecule has 0 unspecified atom stereocenters. The molecule has 1 aromatic rings. The Morgan fingerprint density at radius 1 is 1.35 bits per heavy atom. The lowest BCUT2D eigenvalue weighted by atomic mass is 10.1. The quantitative estimate of drug-likeness (QED) is 0.613. The molecule has 1 N–H and O–H groups in total. The van der Waals surface area contributed by atoms with Gasteiger partial charge in [0, 0.05) is 6.07 Å². The lowest BCUT2D eigenvalue weighted by Gasteiger charge is -2.10. The molecule has 0 fully saturated rings. The third-order valence-electron chi connectivity index (χ3n) is 2.35. The van der Waals surface area contributed by atoms with Gasteiger partial charge in [-0.3, -0.25) is 4.79 Å². The Morgan fingerprint density at radius 3 is 2.60 bits per heavy atom. The number of benzene rings is 1. The van der Waals surface area contributed by atoms with Gasteiger partial charge in [0.2, 0.25) is 0 Å². The minimum absolute atomic E-state index is 0.199. The SMILES string of the molecule is CC(=O)c1ccc(O/C=C/C(C)C)cc1OCC(=O)O. The summed E-state index contributed by atoms with van der Waals surface area (Å²) in [6, 6.07) is 4.69. The molecule has 0 saturated carbocycles. The van der Waals surface area contributed by atoms with Crippen LogP contribution in [0.2, 0.25) is 0 Å². The van der Waals surface area contributed by atoms with E-state index in [1.165, 1.54) is 13.0 Å². The van der Waals surface area contributed by atoms with Gasteiger partial charge in [0.15, 0.2) is 12.4 Å². The summed E-state index contributed by atoms with van der Waals surface area (Å²) in [5, 5.41) is 8.62. The topological polar surface area (TPSA) is 72.8 Å². The maximum Gasteiger partial charge on any atom is 0.341 e. The predicted octanol–water partition coefficient (Wildman–Crippen LogP) is 2.90. The van der Waals surface area contributed by atoms with E-state index in [0.717, 1.165) is 0 Å². The van der Waals surface area contributed by atoms with Crippen molar-refractivity contribution in [3.05, 3.63) is 36.1 Å². The standard InChI is InChI=1S/C15H18O5/c1-10(2)6-7-19-12-4-5-13(11(3)16)14(8-12)20-9-15(17)18/h4-8,10H,9H2,1-3H3,(H,17,18)/b7-6+. The summed E-state index contributed by atoms with van der Waals surface area (Å²) in [6.45, 7) is 4.91. The van der Waals surface area contributed by atoms with Crippen molar-refractivity contribution in [2.24, 2.45) is 5.92 Å². The normalized spacial score (nSPS) is 10.8. The van der Waals surface area contributed by atoms with Crippen LogP contribution in [0, 0.1) is 5.92 Å². The molecule has 0 bridgehead atoms. The monoisotopic (exact) mass is 278 g/mol. The molecule has 0 aliphatic rings. The molecule has 5 heteroatoms. The first-order valence-corrected chi connectivity index (χ1v) is 6.23. The number of carbonyl (C=O) groups is 2. The van der Waals surface area contributed by atoms with Crippen molar-refractivity contribution < 1.29 is 24.2 Å². The first-order chi connectivity index (χ1) is 9.40. The first kappa shape index (κ1) is 15.8. The van der Waals surface area contributed by atoms with E-state index >= 15 is 0 Å². The van der Waals surface area contributed by atoms with Crippen molar-refractivity contribution in [2.75, 3.05) is 6.61 Å². The largest absolute Gasteiger partial charge is 0.481 e. The highest BCUT2D eigenvalue weighted by Gasteiger charge is 2.11. The van der Waals surface area contributed by atoms with Crippen molar-refractivity contribution in [2.45, 2.75) is 20.8 Å². The Hall–Kier alpha value is -2.30. The molecule has 0 aliphatic heterocycles. The Labute approximate surface area is 117 Å². The number of hydrogen-bond donors (Lipinski definition) is 1. The average molecular weight is 278 g/mol. The van der Waals surface area contributed by atoms with E-state index in [4.69, 9.17) is 14.6 Å². The van der Waals surface area contributed by atoms with E-state index < -0.39 is 12.6 Å². The van der Waals surface area contributed by atoms with Gasteiger partial charge in [0.05, 0.1) is 11.8 Å². The lowest BCUT2D eigenvalue weighted by Crippen LogP contribution is -2.11. The Balaban J connectivity index is 2.91. The molecule has 20 heavy (non-hydrogen) atoms. The van der Waals surface area contributed by atoms with Crippen LogP contribution in [0.1, 0.15) is 31.1 Å². The van der Waals surface area contributed by atoms with E-state index in [2.05, 4.69) is 0 Å². The van der Waals surface area contributed by atoms with E-state index in [0.29, 0.717) is 17.2 Å². The van der Waals surface area contributed by atoms with Crippen LogP contribution in [0.25, 0.3) is 0 Å². The summed E-state index contributed by atoms with van der Waals surface area (Å²) in [6.07, 6.45) is 3.42. The summed E-state index contributed by atoms with van der Waals surface area (Å²) >= 11 is 0. The van der Waals surface area contributed by atoms with Crippen LogP contribution < -0.4 is 9.47 Å². The number of carboxylic acids is 1. The van der Waals surface area contributed by atoms with Gasteiger partial charge < -0.3 is 14.6 Å². The molecule has 0 aromatic heterocycles. The lowest BCUT2D eigenvalue weighted by molar-refractivity contribution is -0.139. The number of carboxylic acid groups (broad SMARTS) is 1. The molecule has 0 heterocycles. The highest BCUT2D eigenvalue weighted by atomic mass is 16.5. The van der Waals surface area contributed by atoms with Crippen LogP contribution in [-0.4, -0.2) is 23.5 Å². The highest BCUT2D eigenvalue weighted by molar-refractivity contribution is 5.97. The van der Waals surface area contributed by atoms with Crippen molar-refractivity contribution in [1.82, 2.24) is 0 Å². The number of aliphatic carboxylic acids is 1. The minimum Gasteiger partial charge on any atom is -0.481 e. The summed E-state index contributed by atoms with van der Waals surface area (Å²) in [5.41, 5.74) is 0.325. The zero-order valence-electron chi connectivity index (χ0n) is 11.8. The Kier molecular flexibility index (Phi) is 5.77. The van der Waals surface area contributed by atoms with Crippen LogP contribution in [0.5, 0.6) is 11.5 Å². The summed E-state index contributed by atoms with van der Waals surface area (Å²) in [5.74, 6) is -0.267. The molecular formula is C15H18O5. The summed E-state index contributed by atoms with van der Waals surface area (Å²) < 4.78 is 10.5. The van der Waals surface area contributed by atoms with E-state index in [1.807, 2.05) is 19.9 Å². The molecule has 0 atom stereocenters. The average Bonchev–Trinajstić information content (AvgIpc) is 2.35. The molecule has 5 nitrogen and oxygen atoms in total. The highest BCUT2D eigenvalue weighted by Crippen LogP contribution is 2.25. The number of ketones is 1. The molecule has 108 valence electrons. The number of carbonyl (C=O) groups excluding carboxylic acids is 1. The van der Waals surface area contributed by atoms with Gasteiger partial charge in [0.25, 0.3) is 0 Å². The number of hydrogen-bond acceptors (Lipinski definition) is 4. The van der Waals surface area contributed by atoms with Crippen molar-refractivity contribution >= 4 is 11.8 Å². The smallest absolute Gasteiger partial charge is 0.341 e. The van der Waals surface area contributed by atoms with Gasteiger partial charge >= 0.3 is 5.97 Å². The zero-order valence-corrected chi connectivity index (χ0v) is 11.8. The van der Waals surface area contributed by atoms with E-state index in [-0.39, 0.29) is 11.5 Å². The number of allylic oxidation sites excluding steroid dienone is 1. The second kappa shape index (κ2) is 7.33. The van der Waals surface area contributed by atoms with Gasteiger partial charge in [-0.2, -0.15) is 0 Å². The van der Waals surface area contributed by atoms with Crippen LogP contribution in [0.4, 0.5) is 0 Å². The maximum absolute atomic E-state index is 11.4. The fraction of sp³-hybridized carbons (Fsp3) is 0.333. The molecule has 0 radical (unpaired) electrons. The number of ether oxygens (including phenoxy) is 2. The fourth-order valence-corrected chi connectivity index (χ4v) is 1.40. The molecule has 1 aromatic carbocycles. The molecule has 1 rings (SSSR count). The summed E-state index contributed by atoms with van der Waals surface area (Å²) in [4.78, 5) is 22.0. The van der Waals surface area contributed by atoms with E-state index in [1.54, 1.807) is 18.4 Å². The van der Waals surface area contributed by atoms with Gasteiger partial charge in [-0.15, -0.1) is 0 Å². The van der Waals surface area contributed by atoms with Crippen molar-refractivity contribution in [1.29, 1.82) is 0 Å². The second-order valence-corrected chi connectivity index (χ2v) is 4.59. The molecular weight excluding hydrogens is 260 g/mol. The molecule has 0 amide bonds. The fourth-order valence-electron chi connectivity index (χ4n) is 1.40. The third kappa shape index (κ3) is 5.14. The molecule has 0 aliphatic carbocycles. The third-order valence-corrected chi connectivity index (χ3v) is 2.35. The van der Waals surface area contributed by atoms with Crippen LogP contribution >= 0.6 is 0 Å². The van der Waals surface area contributed by atoms with Gasteiger partial charge in [0.1, 0.15) is 11.5 Å². The summed E-state index contributed by atoms with van der Waals surface area (Å²) in [7, 11) is 0. The van der Waals surface area contributed by atoms with Gasteiger partial charge in [-0.1, -0.05) is 13.8 Å². The minimum atomic E-state index is -1.11. The maximum atomic E-state index is 11.4. The van der Waals surface area contributed by atoms with Crippen molar-refractivity contribution in [3.8, 4) is 11.5 Å². The second-order valence-electron chi connectivity index (χ2n) is 4.59. The van der Waals surface area contributed by atoms with Crippen molar-refractivity contribution in [3.63, 3.8) is 0 Å². The molecule has 0 spiro atoms. The molecule has 0 saturated heterocycles. The number of rotatable bonds is 7. The van der Waals surface area contributed by atoms with Gasteiger partial charge in [-0.05, 0) is 31.1 Å². The Bertz CT molecular complexity index is 517. The Morgan fingerprint density at radius 2 is 2.05 bits per heavy atom. The predicted molar refractivity (Wildman–Crippen MR) is 74.2 cm³/mol. The number of Topliss-reactive ketones (excluding diaryl/α,β-unsaturated/α-hetero) is 1. The van der Waals surface area contributed by atoms with Crippen LogP contribution in [0.3, 0.4) is 0 Å². The first-order valence-electron chi connectivity index (χ1n) is 6.23. The van der Waals surface area contributed by atoms with Crippen LogP contribution in [-0.2, 0) is 4.79 Å². The zero-order chi connectivity index (χ0) is 15.1.